The molecule has 3 aliphatic rings. The maximum Gasteiger partial charge on any atom is 0.239 e. The molecule has 7 heteroatoms. The molecule has 0 radical (unpaired) electrons. The maximum atomic E-state index is 13.1. The van der Waals surface area contributed by atoms with Crippen molar-refractivity contribution in [1.82, 2.24) is 9.80 Å². The molecule has 1 fully saturated rings. The van der Waals surface area contributed by atoms with Gasteiger partial charge in [-0.2, -0.15) is 0 Å². The fourth-order valence-electron chi connectivity index (χ4n) is 5.70. The number of amides is 2. The van der Waals surface area contributed by atoms with Crippen LogP contribution in [0.15, 0.2) is 42.5 Å². The van der Waals surface area contributed by atoms with Gasteiger partial charge in [-0.1, -0.05) is 30.3 Å². The van der Waals surface area contributed by atoms with E-state index in [1.807, 2.05) is 43.3 Å². The average molecular weight is 450 g/mol. The van der Waals surface area contributed by atoms with Crippen LogP contribution in [0, 0.1) is 0 Å². The standard InChI is InChI=1S/C26H31N3O4/c1-28(2)24(30)19-15-26(20-6-4-3-5-18(19)20)9-11-29(12-10-26)25(31)21(27)13-17-7-8-22-23(14-17)33-16-32-22/h3-8,14,19,21H,9-13,15-16,27H2,1-2H3/t19-,21?/m1/s1. The lowest BCUT2D eigenvalue weighted by Gasteiger charge is -2.41. The summed E-state index contributed by atoms with van der Waals surface area (Å²) in [6.45, 7) is 1.54. The fraction of sp³-hybridized carbons (Fsp3) is 0.462. The van der Waals surface area contributed by atoms with E-state index in [4.69, 9.17) is 15.2 Å². The number of hydrogen-bond acceptors (Lipinski definition) is 5. The van der Waals surface area contributed by atoms with Crippen LogP contribution in [0.1, 0.15) is 41.9 Å². The van der Waals surface area contributed by atoms with Crippen molar-refractivity contribution < 1.29 is 19.1 Å². The summed E-state index contributed by atoms with van der Waals surface area (Å²) in [5, 5.41) is 0. The molecule has 174 valence electrons. The van der Waals surface area contributed by atoms with Gasteiger partial charge in [0.1, 0.15) is 0 Å². The molecule has 5 rings (SSSR count). The quantitative estimate of drug-likeness (QED) is 0.775. The number of carbonyl (C=O) groups excluding carboxylic acids is 2. The Hall–Kier alpha value is -3.06. The molecule has 0 saturated carbocycles. The van der Waals surface area contributed by atoms with Gasteiger partial charge in [0, 0.05) is 32.6 Å². The second-order valence-electron chi connectivity index (χ2n) is 9.68. The van der Waals surface area contributed by atoms with E-state index < -0.39 is 6.04 Å². The normalized spacial score (nSPS) is 21.1. The van der Waals surface area contributed by atoms with Gasteiger partial charge < -0.3 is 25.0 Å². The summed E-state index contributed by atoms with van der Waals surface area (Å²) >= 11 is 0. The summed E-state index contributed by atoms with van der Waals surface area (Å²) in [5.41, 5.74) is 9.67. The molecule has 1 aliphatic carbocycles. The summed E-state index contributed by atoms with van der Waals surface area (Å²) < 4.78 is 10.8. The van der Waals surface area contributed by atoms with Crippen molar-refractivity contribution in [1.29, 1.82) is 0 Å². The van der Waals surface area contributed by atoms with Gasteiger partial charge in [0.25, 0.3) is 0 Å². The lowest BCUT2D eigenvalue weighted by molar-refractivity contribution is -0.135. The number of likely N-dealkylation sites (tertiary alicyclic amines) is 1. The Morgan fingerprint density at radius 1 is 1.12 bits per heavy atom. The van der Waals surface area contributed by atoms with E-state index in [1.165, 1.54) is 5.56 Å². The number of nitrogens with zero attached hydrogens (tertiary/aromatic N) is 2. The van der Waals surface area contributed by atoms with Crippen LogP contribution in [-0.2, 0) is 21.4 Å². The molecule has 2 N–H and O–H groups in total. The summed E-state index contributed by atoms with van der Waals surface area (Å²) in [6.07, 6.45) is 2.97. The summed E-state index contributed by atoms with van der Waals surface area (Å²) in [4.78, 5) is 29.6. The van der Waals surface area contributed by atoms with Gasteiger partial charge in [-0.25, -0.2) is 0 Å². The van der Waals surface area contributed by atoms with E-state index in [9.17, 15) is 9.59 Å². The van der Waals surface area contributed by atoms with Crippen LogP contribution in [0.5, 0.6) is 11.5 Å². The number of nitrogens with two attached hydrogens (primary N) is 1. The van der Waals surface area contributed by atoms with Crippen LogP contribution >= 0.6 is 0 Å². The Balaban J connectivity index is 1.26. The topological polar surface area (TPSA) is 85.1 Å². The Morgan fingerprint density at radius 2 is 1.85 bits per heavy atom. The van der Waals surface area contributed by atoms with Crippen molar-refractivity contribution >= 4 is 11.8 Å². The number of likely N-dealkylation sites (N-methyl/N-ethyl adjacent to an activating group) is 1. The summed E-state index contributed by atoms with van der Waals surface area (Å²) in [7, 11) is 3.64. The first-order chi connectivity index (χ1) is 15.9. The number of ether oxygens (including phenoxy) is 2. The molecule has 2 amide bonds. The number of rotatable bonds is 4. The van der Waals surface area contributed by atoms with Crippen molar-refractivity contribution in [2.45, 2.75) is 43.1 Å². The van der Waals surface area contributed by atoms with Crippen molar-refractivity contribution in [2.75, 3.05) is 34.0 Å². The zero-order valence-electron chi connectivity index (χ0n) is 19.3. The summed E-state index contributed by atoms with van der Waals surface area (Å²) in [5.74, 6) is 1.46. The van der Waals surface area contributed by atoms with Crippen LogP contribution in [0.4, 0.5) is 0 Å². The van der Waals surface area contributed by atoms with Crippen LogP contribution in [-0.4, -0.2) is 61.6 Å². The Bertz CT molecular complexity index is 1070. The first-order valence-corrected chi connectivity index (χ1v) is 11.6. The molecule has 1 saturated heterocycles. The van der Waals surface area contributed by atoms with Gasteiger partial charge in [-0.05, 0) is 54.5 Å². The minimum Gasteiger partial charge on any atom is -0.454 e. The second kappa shape index (κ2) is 8.37. The minimum absolute atomic E-state index is 0.0188. The second-order valence-corrected chi connectivity index (χ2v) is 9.68. The molecular weight excluding hydrogens is 418 g/mol. The minimum atomic E-state index is -0.599. The van der Waals surface area contributed by atoms with E-state index in [0.717, 1.165) is 36.1 Å². The average Bonchev–Trinajstić information content (AvgIpc) is 3.41. The van der Waals surface area contributed by atoms with Crippen LogP contribution in [0.2, 0.25) is 0 Å². The van der Waals surface area contributed by atoms with Gasteiger partial charge in [0.2, 0.25) is 18.6 Å². The smallest absolute Gasteiger partial charge is 0.239 e. The van der Waals surface area contributed by atoms with Gasteiger partial charge >= 0.3 is 0 Å². The van der Waals surface area contributed by atoms with Gasteiger partial charge in [0.15, 0.2) is 11.5 Å². The number of benzene rings is 2. The van der Waals surface area contributed by atoms with Gasteiger partial charge in [0.05, 0.1) is 12.0 Å². The first-order valence-electron chi connectivity index (χ1n) is 11.6. The zero-order chi connectivity index (χ0) is 23.2. The molecule has 0 bridgehead atoms. The molecule has 2 aliphatic heterocycles. The highest BCUT2D eigenvalue weighted by molar-refractivity contribution is 5.85. The fourth-order valence-corrected chi connectivity index (χ4v) is 5.70. The lowest BCUT2D eigenvalue weighted by atomic mass is 9.73. The molecule has 0 aromatic heterocycles. The lowest BCUT2D eigenvalue weighted by Crippen LogP contribution is -2.50. The van der Waals surface area contributed by atoms with E-state index in [-0.39, 0.29) is 29.9 Å². The van der Waals surface area contributed by atoms with E-state index in [2.05, 4.69) is 18.2 Å². The molecule has 33 heavy (non-hydrogen) atoms. The molecule has 1 spiro atoms. The number of carbonyl (C=O) groups is 2. The zero-order valence-corrected chi connectivity index (χ0v) is 19.3. The maximum absolute atomic E-state index is 13.1. The van der Waals surface area contributed by atoms with Gasteiger partial charge in [-0.3, -0.25) is 9.59 Å². The van der Waals surface area contributed by atoms with Crippen LogP contribution in [0.25, 0.3) is 0 Å². The number of piperidine rings is 1. The van der Waals surface area contributed by atoms with Crippen LogP contribution in [0.3, 0.4) is 0 Å². The predicted molar refractivity (Wildman–Crippen MR) is 124 cm³/mol. The van der Waals surface area contributed by atoms with Crippen molar-refractivity contribution in [3.8, 4) is 11.5 Å². The molecule has 1 unspecified atom stereocenters. The first kappa shape index (κ1) is 21.8. The van der Waals surface area contributed by atoms with Crippen molar-refractivity contribution in [2.24, 2.45) is 5.73 Å². The molecular formula is C26H31N3O4. The molecule has 2 aromatic carbocycles. The predicted octanol–water partition coefficient (Wildman–Crippen LogP) is 2.42. The third-order valence-electron chi connectivity index (χ3n) is 7.48. The monoisotopic (exact) mass is 449 g/mol. The Labute approximate surface area is 194 Å². The Morgan fingerprint density at radius 3 is 2.61 bits per heavy atom. The molecule has 7 nitrogen and oxygen atoms in total. The van der Waals surface area contributed by atoms with Gasteiger partial charge in [-0.15, -0.1) is 0 Å². The number of hydrogen-bond donors (Lipinski definition) is 1. The highest BCUT2D eigenvalue weighted by Crippen LogP contribution is 2.52. The van der Waals surface area contributed by atoms with E-state index in [0.29, 0.717) is 25.3 Å². The number of fused-ring (bicyclic) bond motifs is 3. The van der Waals surface area contributed by atoms with Crippen LogP contribution < -0.4 is 15.2 Å². The van der Waals surface area contributed by atoms with Crippen molar-refractivity contribution in [3.05, 3.63) is 59.2 Å². The molecule has 2 heterocycles. The molecule has 2 atom stereocenters. The summed E-state index contributed by atoms with van der Waals surface area (Å²) in [6, 6.07) is 13.4. The highest BCUT2D eigenvalue weighted by atomic mass is 16.7. The largest absolute Gasteiger partial charge is 0.454 e. The SMILES string of the molecule is CN(C)C(=O)[C@@H]1CC2(CCN(C(=O)C(N)Cc3ccc4c(c3)OCO4)CC2)c2ccccc21. The third-order valence-corrected chi connectivity index (χ3v) is 7.48. The van der Waals surface area contributed by atoms with E-state index in [1.54, 1.807) is 4.90 Å². The highest BCUT2D eigenvalue weighted by Gasteiger charge is 2.48. The van der Waals surface area contributed by atoms with Crippen molar-refractivity contribution in [3.63, 3.8) is 0 Å². The third kappa shape index (κ3) is 3.84. The molecule has 2 aromatic rings. The van der Waals surface area contributed by atoms with E-state index >= 15 is 0 Å². The Kier molecular flexibility index (Phi) is 5.52.